The van der Waals surface area contributed by atoms with Gasteiger partial charge in [-0.05, 0) is 24.6 Å². The van der Waals surface area contributed by atoms with Gasteiger partial charge in [-0.3, -0.25) is 0 Å². The van der Waals surface area contributed by atoms with Crippen molar-refractivity contribution >= 4 is 5.97 Å². The first-order valence-electron chi connectivity index (χ1n) is 5.06. The van der Waals surface area contributed by atoms with E-state index in [0.29, 0.717) is 0 Å². The quantitative estimate of drug-likeness (QED) is 0.877. The average molecular weight is 232 g/mol. The third kappa shape index (κ3) is 1.99. The molecule has 2 aromatic rings. The molecule has 0 unspecified atom stereocenters. The number of nitrogens with zero attached hydrogens (tertiary/aromatic N) is 2. The van der Waals surface area contributed by atoms with Crippen LogP contribution in [0.1, 0.15) is 15.9 Å². The van der Waals surface area contributed by atoms with Gasteiger partial charge in [0.1, 0.15) is 5.56 Å². The highest BCUT2D eigenvalue weighted by molar-refractivity contribution is 5.90. The van der Waals surface area contributed by atoms with E-state index in [2.05, 4.69) is 5.10 Å². The molecule has 5 nitrogen and oxygen atoms in total. The molecule has 17 heavy (non-hydrogen) atoms. The molecular weight excluding hydrogens is 220 g/mol. The Morgan fingerprint density at radius 1 is 1.47 bits per heavy atom. The monoisotopic (exact) mass is 232 g/mol. The average Bonchev–Trinajstić information content (AvgIpc) is 2.72. The molecule has 0 radical (unpaired) electrons. The van der Waals surface area contributed by atoms with E-state index in [1.165, 1.54) is 18.0 Å². The molecule has 0 saturated carbocycles. The number of aryl methyl sites for hydroxylation is 1. The Morgan fingerprint density at radius 2 is 2.24 bits per heavy atom. The standard InChI is InChI=1S/C12H12N2O3/c1-8-4-3-5-9(6-8)14-11(17-2)10(7-13-14)12(15)16/h3-7H,1-2H3,(H,15,16). The first kappa shape index (κ1) is 11.2. The summed E-state index contributed by atoms with van der Waals surface area (Å²) >= 11 is 0. The number of carbonyl (C=O) groups is 1. The van der Waals surface area contributed by atoms with Gasteiger partial charge in [0.15, 0.2) is 0 Å². The number of hydrogen-bond acceptors (Lipinski definition) is 3. The van der Waals surface area contributed by atoms with E-state index in [1.807, 2.05) is 31.2 Å². The number of aromatic nitrogens is 2. The molecule has 2 rings (SSSR count). The Kier molecular flexibility index (Phi) is 2.82. The second kappa shape index (κ2) is 4.29. The predicted octanol–water partition coefficient (Wildman–Crippen LogP) is 1.89. The Balaban J connectivity index is 2.56. The minimum Gasteiger partial charge on any atom is -0.480 e. The van der Waals surface area contributed by atoms with Crippen LogP contribution in [0.25, 0.3) is 5.69 Å². The Morgan fingerprint density at radius 3 is 2.82 bits per heavy atom. The number of carboxylic acids is 1. The fraction of sp³-hybridized carbons (Fsp3) is 0.167. The van der Waals surface area contributed by atoms with Crippen LogP contribution < -0.4 is 4.74 Å². The van der Waals surface area contributed by atoms with E-state index >= 15 is 0 Å². The second-order valence-corrected chi connectivity index (χ2v) is 3.62. The van der Waals surface area contributed by atoms with Crippen LogP contribution in [0, 0.1) is 6.92 Å². The molecule has 88 valence electrons. The molecule has 0 aliphatic carbocycles. The van der Waals surface area contributed by atoms with Crippen molar-refractivity contribution in [3.05, 3.63) is 41.6 Å². The summed E-state index contributed by atoms with van der Waals surface area (Å²) in [6.45, 7) is 1.96. The molecule has 1 heterocycles. The molecule has 0 saturated heterocycles. The zero-order chi connectivity index (χ0) is 12.4. The minimum atomic E-state index is -1.05. The van der Waals surface area contributed by atoms with E-state index in [0.717, 1.165) is 11.3 Å². The van der Waals surface area contributed by atoms with Crippen molar-refractivity contribution < 1.29 is 14.6 Å². The normalized spacial score (nSPS) is 10.2. The lowest BCUT2D eigenvalue weighted by Crippen LogP contribution is -2.03. The highest BCUT2D eigenvalue weighted by Crippen LogP contribution is 2.22. The van der Waals surface area contributed by atoms with Gasteiger partial charge in [-0.2, -0.15) is 5.10 Å². The highest BCUT2D eigenvalue weighted by atomic mass is 16.5. The molecular formula is C12H12N2O3. The molecule has 5 heteroatoms. The summed E-state index contributed by atoms with van der Waals surface area (Å²) in [6.07, 6.45) is 1.28. The molecule has 1 N–H and O–H groups in total. The molecule has 0 amide bonds. The van der Waals surface area contributed by atoms with E-state index in [1.54, 1.807) is 0 Å². The van der Waals surface area contributed by atoms with Gasteiger partial charge in [-0.25, -0.2) is 9.48 Å². The fourth-order valence-electron chi connectivity index (χ4n) is 1.62. The third-order valence-corrected chi connectivity index (χ3v) is 2.40. The lowest BCUT2D eigenvalue weighted by atomic mass is 10.2. The SMILES string of the molecule is COc1c(C(=O)O)cnn1-c1cccc(C)c1. The van der Waals surface area contributed by atoms with Crippen molar-refractivity contribution in [2.24, 2.45) is 0 Å². The van der Waals surface area contributed by atoms with E-state index < -0.39 is 5.97 Å². The first-order valence-corrected chi connectivity index (χ1v) is 5.06. The Labute approximate surface area is 98.3 Å². The summed E-state index contributed by atoms with van der Waals surface area (Å²) in [5.41, 5.74) is 1.89. The topological polar surface area (TPSA) is 64.3 Å². The van der Waals surface area contributed by atoms with Gasteiger partial charge in [-0.15, -0.1) is 0 Å². The number of aromatic carboxylic acids is 1. The first-order chi connectivity index (χ1) is 8.13. The highest BCUT2D eigenvalue weighted by Gasteiger charge is 2.18. The van der Waals surface area contributed by atoms with Gasteiger partial charge < -0.3 is 9.84 Å². The number of ether oxygens (including phenoxy) is 1. The van der Waals surface area contributed by atoms with Gasteiger partial charge in [0, 0.05) is 0 Å². The smallest absolute Gasteiger partial charge is 0.342 e. The van der Waals surface area contributed by atoms with Gasteiger partial charge >= 0.3 is 5.97 Å². The minimum absolute atomic E-state index is 0.0500. The van der Waals surface area contributed by atoms with Crippen molar-refractivity contribution in [2.75, 3.05) is 7.11 Å². The lowest BCUT2D eigenvalue weighted by molar-refractivity contribution is 0.0693. The number of hydrogen-bond donors (Lipinski definition) is 1. The molecule has 0 bridgehead atoms. The number of rotatable bonds is 3. The zero-order valence-electron chi connectivity index (χ0n) is 9.54. The van der Waals surface area contributed by atoms with Gasteiger partial charge in [0.25, 0.3) is 0 Å². The zero-order valence-corrected chi connectivity index (χ0v) is 9.54. The predicted molar refractivity (Wildman–Crippen MR) is 61.8 cm³/mol. The van der Waals surface area contributed by atoms with Crippen molar-refractivity contribution in [1.29, 1.82) is 0 Å². The van der Waals surface area contributed by atoms with Crippen LogP contribution in [0.5, 0.6) is 5.88 Å². The van der Waals surface area contributed by atoms with Gasteiger partial charge in [0.05, 0.1) is 19.0 Å². The Hall–Kier alpha value is -2.30. The molecule has 0 atom stereocenters. The maximum atomic E-state index is 11.0. The third-order valence-electron chi connectivity index (χ3n) is 2.40. The van der Waals surface area contributed by atoms with Crippen LogP contribution in [0.4, 0.5) is 0 Å². The Bertz CT molecular complexity index is 561. The van der Waals surface area contributed by atoms with E-state index in [9.17, 15) is 4.79 Å². The number of benzene rings is 1. The number of carboxylic acid groups (broad SMARTS) is 1. The molecule has 0 fully saturated rings. The lowest BCUT2D eigenvalue weighted by Gasteiger charge is -2.07. The second-order valence-electron chi connectivity index (χ2n) is 3.62. The van der Waals surface area contributed by atoms with Crippen molar-refractivity contribution in [3.63, 3.8) is 0 Å². The van der Waals surface area contributed by atoms with Crippen molar-refractivity contribution in [2.45, 2.75) is 6.92 Å². The van der Waals surface area contributed by atoms with Gasteiger partial charge in [-0.1, -0.05) is 12.1 Å². The van der Waals surface area contributed by atoms with Crippen molar-refractivity contribution in [3.8, 4) is 11.6 Å². The van der Waals surface area contributed by atoms with Crippen LogP contribution in [-0.4, -0.2) is 28.0 Å². The maximum Gasteiger partial charge on any atom is 0.342 e. The largest absolute Gasteiger partial charge is 0.480 e. The fourth-order valence-corrected chi connectivity index (χ4v) is 1.62. The summed E-state index contributed by atoms with van der Waals surface area (Å²) < 4.78 is 6.56. The van der Waals surface area contributed by atoms with Crippen LogP contribution in [-0.2, 0) is 0 Å². The van der Waals surface area contributed by atoms with Crippen LogP contribution in [0.15, 0.2) is 30.5 Å². The summed E-state index contributed by atoms with van der Waals surface area (Å²) in [7, 11) is 1.43. The maximum absolute atomic E-state index is 11.0. The van der Waals surface area contributed by atoms with Crippen LogP contribution in [0.3, 0.4) is 0 Å². The van der Waals surface area contributed by atoms with Gasteiger partial charge in [0.2, 0.25) is 5.88 Å². The molecule has 0 aliphatic heterocycles. The van der Waals surface area contributed by atoms with Crippen LogP contribution >= 0.6 is 0 Å². The summed E-state index contributed by atoms with van der Waals surface area (Å²) in [5.74, 6) is -0.830. The molecule has 0 spiro atoms. The van der Waals surface area contributed by atoms with E-state index in [4.69, 9.17) is 9.84 Å². The molecule has 0 aliphatic rings. The van der Waals surface area contributed by atoms with E-state index in [-0.39, 0.29) is 11.4 Å². The molecule has 1 aromatic heterocycles. The van der Waals surface area contributed by atoms with Crippen LogP contribution in [0.2, 0.25) is 0 Å². The van der Waals surface area contributed by atoms with Crippen molar-refractivity contribution in [1.82, 2.24) is 9.78 Å². The summed E-state index contributed by atoms with van der Waals surface area (Å²) in [4.78, 5) is 11.0. The summed E-state index contributed by atoms with van der Waals surface area (Å²) in [6, 6.07) is 7.58. The number of methoxy groups -OCH3 is 1. The molecule has 1 aromatic carbocycles. The summed E-state index contributed by atoms with van der Waals surface area (Å²) in [5, 5.41) is 13.0.